The quantitative estimate of drug-likeness (QED) is 0.284. The Labute approximate surface area is 231 Å². The van der Waals surface area contributed by atoms with Crippen LogP contribution in [0.5, 0.6) is 0 Å². The lowest BCUT2D eigenvalue weighted by molar-refractivity contribution is -0.133. The van der Waals surface area contributed by atoms with Gasteiger partial charge in [-0.1, -0.05) is 45.0 Å². The summed E-state index contributed by atoms with van der Waals surface area (Å²) in [6, 6.07) is 10.5. The SMILES string of the molecule is CCCN(CCC)C(=O)CN(C)CC(=O)N[C@@H](Cc1cc(F)cc(F)c1)[C@H](O)CNCc1cccc(CC)c1. The molecule has 9 heteroatoms. The molecule has 0 radical (unpaired) electrons. The zero-order chi connectivity index (χ0) is 28.8. The van der Waals surface area contributed by atoms with Crippen molar-refractivity contribution in [2.75, 3.05) is 39.8 Å². The summed E-state index contributed by atoms with van der Waals surface area (Å²) < 4.78 is 27.6. The summed E-state index contributed by atoms with van der Waals surface area (Å²) in [5, 5.41) is 17.0. The van der Waals surface area contributed by atoms with Gasteiger partial charge in [0.25, 0.3) is 0 Å². The van der Waals surface area contributed by atoms with E-state index in [1.165, 1.54) is 17.7 Å². The van der Waals surface area contributed by atoms with Gasteiger partial charge in [0, 0.05) is 32.2 Å². The highest BCUT2D eigenvalue weighted by molar-refractivity contribution is 5.81. The number of hydrogen-bond acceptors (Lipinski definition) is 5. The minimum absolute atomic E-state index is 0.0397. The van der Waals surface area contributed by atoms with E-state index in [9.17, 15) is 23.5 Å². The van der Waals surface area contributed by atoms with Gasteiger partial charge in [0.1, 0.15) is 11.6 Å². The van der Waals surface area contributed by atoms with Gasteiger partial charge in [0.15, 0.2) is 0 Å². The van der Waals surface area contributed by atoms with Crippen LogP contribution in [0.4, 0.5) is 8.78 Å². The molecule has 2 atom stereocenters. The first kappa shape index (κ1) is 32.3. The summed E-state index contributed by atoms with van der Waals surface area (Å²) in [6.45, 7) is 8.16. The molecule has 2 aromatic rings. The van der Waals surface area contributed by atoms with Crippen molar-refractivity contribution in [3.8, 4) is 0 Å². The van der Waals surface area contributed by atoms with Crippen LogP contribution in [-0.2, 0) is 29.0 Å². The van der Waals surface area contributed by atoms with Gasteiger partial charge < -0.3 is 20.6 Å². The normalized spacial score (nSPS) is 12.8. The molecule has 216 valence electrons. The number of nitrogens with zero attached hydrogens (tertiary/aromatic N) is 2. The second-order valence-corrected chi connectivity index (χ2v) is 10.1. The molecule has 3 N–H and O–H groups in total. The zero-order valence-electron chi connectivity index (χ0n) is 23.7. The third kappa shape index (κ3) is 11.8. The third-order valence-corrected chi connectivity index (χ3v) is 6.43. The van der Waals surface area contributed by atoms with Gasteiger partial charge in [0.05, 0.1) is 25.2 Å². The largest absolute Gasteiger partial charge is 0.390 e. The van der Waals surface area contributed by atoms with Crippen LogP contribution in [0.3, 0.4) is 0 Å². The lowest BCUT2D eigenvalue weighted by Crippen LogP contribution is -2.51. The van der Waals surface area contributed by atoms with Crippen molar-refractivity contribution in [2.24, 2.45) is 0 Å². The van der Waals surface area contributed by atoms with Crippen molar-refractivity contribution >= 4 is 11.8 Å². The predicted octanol–water partition coefficient (Wildman–Crippen LogP) is 3.29. The second kappa shape index (κ2) is 16.9. The average Bonchev–Trinajstić information content (AvgIpc) is 2.87. The highest BCUT2D eigenvalue weighted by Crippen LogP contribution is 2.12. The van der Waals surface area contributed by atoms with E-state index in [1.807, 2.05) is 26.0 Å². The number of benzene rings is 2. The van der Waals surface area contributed by atoms with Crippen molar-refractivity contribution in [3.63, 3.8) is 0 Å². The van der Waals surface area contributed by atoms with Crippen LogP contribution >= 0.6 is 0 Å². The number of likely N-dealkylation sites (N-methyl/N-ethyl adjacent to an activating group) is 1. The third-order valence-electron chi connectivity index (χ3n) is 6.43. The molecule has 0 unspecified atom stereocenters. The van der Waals surface area contributed by atoms with Gasteiger partial charge in [-0.2, -0.15) is 0 Å². The number of aliphatic hydroxyl groups excluding tert-OH is 1. The molecule has 2 aromatic carbocycles. The summed E-state index contributed by atoms with van der Waals surface area (Å²) in [5.74, 6) is -1.88. The molecule has 0 saturated heterocycles. The van der Waals surface area contributed by atoms with E-state index in [2.05, 4.69) is 29.7 Å². The molecule has 0 aliphatic heterocycles. The highest BCUT2D eigenvalue weighted by Gasteiger charge is 2.24. The van der Waals surface area contributed by atoms with Crippen LogP contribution in [0, 0.1) is 11.6 Å². The summed E-state index contributed by atoms with van der Waals surface area (Å²) in [4.78, 5) is 29.0. The molecule has 0 aliphatic carbocycles. The van der Waals surface area contributed by atoms with Crippen molar-refractivity contribution in [1.82, 2.24) is 20.4 Å². The van der Waals surface area contributed by atoms with E-state index in [0.717, 1.165) is 30.9 Å². The number of amides is 2. The molecule has 0 aliphatic rings. The van der Waals surface area contributed by atoms with E-state index in [0.29, 0.717) is 25.2 Å². The van der Waals surface area contributed by atoms with Gasteiger partial charge >= 0.3 is 0 Å². The van der Waals surface area contributed by atoms with Gasteiger partial charge in [-0.15, -0.1) is 0 Å². The van der Waals surface area contributed by atoms with Crippen LogP contribution in [0.2, 0.25) is 0 Å². The molecule has 2 amide bonds. The topological polar surface area (TPSA) is 84.9 Å². The Kier molecular flexibility index (Phi) is 14.0. The van der Waals surface area contributed by atoms with Crippen LogP contribution in [0.15, 0.2) is 42.5 Å². The Hall–Kier alpha value is -2.88. The second-order valence-electron chi connectivity index (χ2n) is 10.1. The van der Waals surface area contributed by atoms with Crippen molar-refractivity contribution in [2.45, 2.75) is 65.1 Å². The highest BCUT2D eigenvalue weighted by atomic mass is 19.1. The fraction of sp³-hybridized carbons (Fsp3) is 0.533. The molecule has 0 spiro atoms. The average molecular weight is 547 g/mol. The Morgan fingerprint density at radius 1 is 0.923 bits per heavy atom. The van der Waals surface area contributed by atoms with Gasteiger partial charge in [-0.3, -0.25) is 14.5 Å². The summed E-state index contributed by atoms with van der Waals surface area (Å²) in [5.41, 5.74) is 2.61. The maximum atomic E-state index is 13.8. The number of halogens is 2. The number of rotatable bonds is 17. The monoisotopic (exact) mass is 546 g/mol. The van der Waals surface area contributed by atoms with E-state index < -0.39 is 23.8 Å². The molecule has 7 nitrogen and oxygen atoms in total. The summed E-state index contributed by atoms with van der Waals surface area (Å²) >= 11 is 0. The molecular formula is C30H44F2N4O3. The fourth-order valence-electron chi connectivity index (χ4n) is 4.52. The maximum absolute atomic E-state index is 13.8. The number of carbonyl (C=O) groups is 2. The predicted molar refractivity (Wildman–Crippen MR) is 150 cm³/mol. The van der Waals surface area contributed by atoms with Crippen molar-refractivity contribution in [3.05, 3.63) is 70.8 Å². The van der Waals surface area contributed by atoms with Crippen molar-refractivity contribution in [1.29, 1.82) is 0 Å². The van der Waals surface area contributed by atoms with Gasteiger partial charge in [0.2, 0.25) is 11.8 Å². The summed E-state index contributed by atoms with van der Waals surface area (Å²) in [7, 11) is 1.69. The standard InChI is InChI=1S/C30H44F2N4O3/c1-5-11-36(12-6-2)30(39)21-35(4)20-29(38)34-27(16-24-14-25(31)17-26(32)15-24)28(37)19-33-18-23-10-8-9-22(7-3)13-23/h8-10,13-15,17,27-28,33,37H,5-7,11-12,16,18-21H2,1-4H3,(H,34,38)/t27-,28+/m0/s1. The molecule has 0 heterocycles. The first-order chi connectivity index (χ1) is 18.6. The maximum Gasteiger partial charge on any atom is 0.236 e. The van der Waals surface area contributed by atoms with Crippen LogP contribution in [0.1, 0.15) is 50.3 Å². The Morgan fingerprint density at radius 2 is 1.56 bits per heavy atom. The molecule has 39 heavy (non-hydrogen) atoms. The molecular weight excluding hydrogens is 502 g/mol. The zero-order valence-corrected chi connectivity index (χ0v) is 23.7. The Morgan fingerprint density at radius 3 is 2.18 bits per heavy atom. The molecule has 0 fully saturated rings. The van der Waals surface area contributed by atoms with Gasteiger partial charge in [-0.25, -0.2) is 8.78 Å². The van der Waals surface area contributed by atoms with Crippen LogP contribution in [-0.4, -0.2) is 78.6 Å². The minimum Gasteiger partial charge on any atom is -0.390 e. The van der Waals surface area contributed by atoms with Crippen molar-refractivity contribution < 1.29 is 23.5 Å². The van der Waals surface area contributed by atoms with Crippen LogP contribution in [0.25, 0.3) is 0 Å². The minimum atomic E-state index is -1.02. The smallest absolute Gasteiger partial charge is 0.236 e. The number of nitrogens with one attached hydrogen (secondary N) is 2. The number of carbonyl (C=O) groups excluding carboxylic acids is 2. The molecule has 0 bridgehead atoms. The lowest BCUT2D eigenvalue weighted by atomic mass is 10.0. The first-order valence-corrected chi connectivity index (χ1v) is 13.8. The molecule has 0 saturated carbocycles. The van der Waals surface area contributed by atoms with E-state index in [-0.39, 0.29) is 37.9 Å². The molecule has 2 rings (SSSR count). The van der Waals surface area contributed by atoms with E-state index in [1.54, 1.807) is 16.8 Å². The fourth-order valence-corrected chi connectivity index (χ4v) is 4.52. The Balaban J connectivity index is 2.03. The van der Waals surface area contributed by atoms with E-state index >= 15 is 0 Å². The van der Waals surface area contributed by atoms with Gasteiger partial charge in [-0.05, 0) is 61.6 Å². The van der Waals surface area contributed by atoms with E-state index in [4.69, 9.17) is 0 Å². The van der Waals surface area contributed by atoms with Crippen LogP contribution < -0.4 is 10.6 Å². The number of hydrogen-bond donors (Lipinski definition) is 3. The summed E-state index contributed by atoms with van der Waals surface area (Å²) in [6.07, 6.45) is 1.65. The molecule has 0 aromatic heterocycles. The first-order valence-electron chi connectivity index (χ1n) is 13.8. The lowest BCUT2D eigenvalue weighted by Gasteiger charge is -2.27. The Bertz CT molecular complexity index is 1030. The number of aryl methyl sites for hydroxylation is 1. The number of aliphatic hydroxyl groups is 1.